The van der Waals surface area contributed by atoms with Crippen LogP contribution in [0.25, 0.3) is 10.8 Å². The van der Waals surface area contributed by atoms with Gasteiger partial charge in [0.25, 0.3) is 0 Å². The lowest BCUT2D eigenvalue weighted by molar-refractivity contribution is 0.477. The van der Waals surface area contributed by atoms with Crippen molar-refractivity contribution in [2.75, 3.05) is 0 Å². The molecule has 0 aliphatic heterocycles. The molecule has 0 bridgehead atoms. The number of azo groups is 2. The number of phenols is 1. The lowest BCUT2D eigenvalue weighted by atomic mass is 10.1. The summed E-state index contributed by atoms with van der Waals surface area (Å²) in [5.74, 6) is 0.107. The van der Waals surface area contributed by atoms with E-state index in [0.717, 1.165) is 44.5 Å². The van der Waals surface area contributed by atoms with Crippen molar-refractivity contribution < 1.29 is 5.11 Å². The summed E-state index contributed by atoms with van der Waals surface area (Å²) in [7, 11) is 0. The molecule has 0 saturated carbocycles. The van der Waals surface area contributed by atoms with Crippen molar-refractivity contribution in [1.82, 2.24) is 0 Å². The first-order valence-electron chi connectivity index (χ1n) is 9.86. The SMILES string of the molecule is CC=CC(C)=C(C)N=Nc1cc(C)c(N=Nc2c(O)ccc3ccccc23)cc1C. The quantitative estimate of drug-likeness (QED) is 0.339. The summed E-state index contributed by atoms with van der Waals surface area (Å²) in [4.78, 5) is 0. The van der Waals surface area contributed by atoms with Crippen molar-refractivity contribution in [3.05, 3.63) is 83.1 Å². The van der Waals surface area contributed by atoms with E-state index in [9.17, 15) is 5.11 Å². The highest BCUT2D eigenvalue weighted by Gasteiger charge is 2.08. The van der Waals surface area contributed by atoms with Crippen molar-refractivity contribution >= 4 is 27.8 Å². The molecule has 0 aliphatic carbocycles. The third-order valence-electron chi connectivity index (χ3n) is 4.95. The molecule has 0 saturated heterocycles. The highest BCUT2D eigenvalue weighted by Crippen LogP contribution is 2.37. The van der Waals surface area contributed by atoms with E-state index in [1.807, 2.05) is 89.2 Å². The van der Waals surface area contributed by atoms with Crippen LogP contribution in [-0.4, -0.2) is 5.11 Å². The fraction of sp³-hybridized carbons (Fsp3) is 0.200. The molecule has 3 rings (SSSR count). The van der Waals surface area contributed by atoms with Crippen LogP contribution in [-0.2, 0) is 0 Å². The highest BCUT2D eigenvalue weighted by atomic mass is 16.3. The average Bonchev–Trinajstić information content (AvgIpc) is 2.73. The van der Waals surface area contributed by atoms with Gasteiger partial charge in [0.2, 0.25) is 0 Å². The van der Waals surface area contributed by atoms with Crippen LogP contribution in [0.2, 0.25) is 0 Å². The second-order valence-electron chi connectivity index (χ2n) is 7.25. The maximum atomic E-state index is 10.3. The molecule has 3 aromatic rings. The lowest BCUT2D eigenvalue weighted by Crippen LogP contribution is -1.81. The molecule has 0 radical (unpaired) electrons. The van der Waals surface area contributed by atoms with Gasteiger partial charge in [-0.2, -0.15) is 15.3 Å². The first kappa shape index (κ1) is 21.1. The number of hydrogen-bond donors (Lipinski definition) is 1. The van der Waals surface area contributed by atoms with Crippen LogP contribution >= 0.6 is 0 Å². The molecule has 1 N–H and O–H groups in total. The molecular formula is C25H26N4O. The van der Waals surface area contributed by atoms with E-state index in [1.54, 1.807) is 6.07 Å². The van der Waals surface area contributed by atoms with Crippen LogP contribution in [0.3, 0.4) is 0 Å². The first-order valence-corrected chi connectivity index (χ1v) is 9.86. The van der Waals surface area contributed by atoms with Gasteiger partial charge in [-0.05, 0) is 74.9 Å². The van der Waals surface area contributed by atoms with Gasteiger partial charge in [-0.1, -0.05) is 42.5 Å². The second-order valence-corrected chi connectivity index (χ2v) is 7.25. The normalized spacial score (nSPS) is 13.1. The maximum Gasteiger partial charge on any atom is 0.143 e. The highest BCUT2D eigenvalue weighted by molar-refractivity contribution is 5.95. The van der Waals surface area contributed by atoms with E-state index in [4.69, 9.17) is 0 Å². The molecule has 0 atom stereocenters. The Balaban J connectivity index is 1.94. The summed E-state index contributed by atoms with van der Waals surface area (Å²) < 4.78 is 0. The predicted octanol–water partition coefficient (Wildman–Crippen LogP) is 8.53. The van der Waals surface area contributed by atoms with Crippen molar-refractivity contribution in [3.8, 4) is 5.75 Å². The molecular weight excluding hydrogens is 372 g/mol. The van der Waals surface area contributed by atoms with Crippen LogP contribution in [0.15, 0.2) is 92.4 Å². The maximum absolute atomic E-state index is 10.3. The van der Waals surface area contributed by atoms with Crippen LogP contribution in [0, 0.1) is 13.8 Å². The fourth-order valence-corrected chi connectivity index (χ4v) is 3.03. The summed E-state index contributed by atoms with van der Waals surface area (Å²) in [5.41, 5.74) is 5.84. The van der Waals surface area contributed by atoms with Crippen molar-refractivity contribution in [1.29, 1.82) is 0 Å². The minimum Gasteiger partial charge on any atom is -0.506 e. The van der Waals surface area contributed by atoms with Gasteiger partial charge in [-0.3, -0.25) is 0 Å². The average molecular weight is 399 g/mol. The largest absolute Gasteiger partial charge is 0.506 e. The Bertz CT molecular complexity index is 1200. The number of hydrogen-bond acceptors (Lipinski definition) is 5. The number of aromatic hydroxyl groups is 1. The molecule has 0 spiro atoms. The monoisotopic (exact) mass is 398 g/mol. The third kappa shape index (κ3) is 4.69. The van der Waals surface area contributed by atoms with Crippen LogP contribution in [0.5, 0.6) is 5.75 Å². The summed E-state index contributed by atoms with van der Waals surface area (Å²) in [6, 6.07) is 15.2. The van der Waals surface area contributed by atoms with Gasteiger partial charge < -0.3 is 5.11 Å². The van der Waals surface area contributed by atoms with Gasteiger partial charge in [0, 0.05) is 5.39 Å². The van der Waals surface area contributed by atoms with Crippen molar-refractivity contribution in [2.45, 2.75) is 34.6 Å². The molecule has 0 fully saturated rings. The molecule has 0 heterocycles. The minimum absolute atomic E-state index is 0.107. The Kier molecular flexibility index (Phi) is 6.52. The van der Waals surface area contributed by atoms with Crippen LogP contribution < -0.4 is 0 Å². The van der Waals surface area contributed by atoms with Gasteiger partial charge in [0.05, 0.1) is 17.1 Å². The van der Waals surface area contributed by atoms with Gasteiger partial charge in [0.1, 0.15) is 11.4 Å². The zero-order valence-corrected chi connectivity index (χ0v) is 18.0. The number of benzene rings is 3. The number of allylic oxidation sites excluding steroid dienone is 4. The molecule has 30 heavy (non-hydrogen) atoms. The van der Waals surface area contributed by atoms with E-state index in [2.05, 4.69) is 20.5 Å². The number of phenolic OH excluding ortho intramolecular Hbond substituents is 1. The predicted molar refractivity (Wildman–Crippen MR) is 123 cm³/mol. The van der Waals surface area contributed by atoms with Gasteiger partial charge in [0.15, 0.2) is 0 Å². The van der Waals surface area contributed by atoms with E-state index in [-0.39, 0.29) is 5.75 Å². The topological polar surface area (TPSA) is 69.7 Å². The van der Waals surface area contributed by atoms with Crippen molar-refractivity contribution in [3.63, 3.8) is 0 Å². The molecule has 5 heteroatoms. The molecule has 0 aromatic heterocycles. The Labute approximate surface area is 177 Å². The zero-order valence-electron chi connectivity index (χ0n) is 18.0. The molecule has 3 aromatic carbocycles. The van der Waals surface area contributed by atoms with E-state index in [1.165, 1.54) is 0 Å². The third-order valence-corrected chi connectivity index (χ3v) is 4.95. The Hall–Kier alpha value is -3.60. The fourth-order valence-electron chi connectivity index (χ4n) is 3.03. The summed E-state index contributed by atoms with van der Waals surface area (Å²) in [6.07, 6.45) is 4.00. The van der Waals surface area contributed by atoms with Gasteiger partial charge >= 0.3 is 0 Å². The number of rotatable bonds is 5. The summed E-state index contributed by atoms with van der Waals surface area (Å²) >= 11 is 0. The lowest BCUT2D eigenvalue weighted by Gasteiger charge is -2.06. The van der Waals surface area contributed by atoms with Gasteiger partial charge in [-0.15, -0.1) is 5.11 Å². The number of fused-ring (bicyclic) bond motifs is 1. The molecule has 5 nitrogen and oxygen atoms in total. The standard InChI is InChI=1S/C25H26N4O/c1-6-9-16(2)19(5)26-27-22-14-18(4)23(15-17(22)3)28-29-25-21-11-8-7-10-20(21)12-13-24(25)30/h6-15,30H,1-5H3. The molecule has 0 aliphatic rings. The van der Waals surface area contributed by atoms with E-state index >= 15 is 0 Å². The molecule has 0 unspecified atom stereocenters. The number of nitrogens with zero attached hydrogens (tertiary/aromatic N) is 4. The minimum atomic E-state index is 0.107. The van der Waals surface area contributed by atoms with Crippen LogP contribution in [0.1, 0.15) is 31.9 Å². The molecule has 152 valence electrons. The summed E-state index contributed by atoms with van der Waals surface area (Å²) in [5, 5.41) is 29.7. The summed E-state index contributed by atoms with van der Waals surface area (Å²) in [6.45, 7) is 9.87. The Morgan fingerprint density at radius 1 is 0.867 bits per heavy atom. The molecule has 0 amide bonds. The Morgan fingerprint density at radius 3 is 2.23 bits per heavy atom. The van der Waals surface area contributed by atoms with Crippen molar-refractivity contribution in [2.24, 2.45) is 20.5 Å². The van der Waals surface area contributed by atoms with E-state index < -0.39 is 0 Å². The first-order chi connectivity index (χ1) is 14.4. The smallest absolute Gasteiger partial charge is 0.143 e. The second kappa shape index (κ2) is 9.27. The number of aryl methyl sites for hydroxylation is 2. The van der Waals surface area contributed by atoms with Crippen LogP contribution in [0.4, 0.5) is 17.1 Å². The zero-order chi connectivity index (χ0) is 21.7. The van der Waals surface area contributed by atoms with Gasteiger partial charge in [-0.25, -0.2) is 0 Å². The van der Waals surface area contributed by atoms with E-state index in [0.29, 0.717) is 5.69 Å². The Morgan fingerprint density at radius 2 is 1.53 bits per heavy atom.